The molecular weight excluding hydrogens is 298 g/mol. The third kappa shape index (κ3) is 3.12. The molecule has 0 fully saturated rings. The van der Waals surface area contributed by atoms with Crippen molar-refractivity contribution in [3.05, 3.63) is 29.3 Å². The molecule has 0 aromatic heterocycles. The average molecular weight is 317 g/mol. The Morgan fingerprint density at radius 1 is 1.39 bits per heavy atom. The molecule has 0 unspecified atom stereocenters. The Hall–Kier alpha value is -2.59. The lowest BCUT2D eigenvalue weighted by molar-refractivity contribution is -0.154. The predicted molar refractivity (Wildman–Crippen MR) is 80.9 cm³/mol. The lowest BCUT2D eigenvalue weighted by Crippen LogP contribution is -2.58. The highest BCUT2D eigenvalue weighted by atomic mass is 16.5. The van der Waals surface area contributed by atoms with E-state index in [9.17, 15) is 14.7 Å². The summed E-state index contributed by atoms with van der Waals surface area (Å²) in [5.41, 5.74) is 2.31. The first-order chi connectivity index (χ1) is 10.7. The summed E-state index contributed by atoms with van der Waals surface area (Å²) in [5.74, 6) is -0.411. The third-order valence-corrected chi connectivity index (χ3v) is 3.74. The highest BCUT2D eigenvalue weighted by Gasteiger charge is 2.46. The molecule has 122 valence electrons. The summed E-state index contributed by atoms with van der Waals surface area (Å²) in [7, 11) is 0. The van der Waals surface area contributed by atoms with Crippen LogP contribution in [0.2, 0.25) is 0 Å². The van der Waals surface area contributed by atoms with Crippen molar-refractivity contribution in [3.8, 4) is 11.8 Å². The van der Waals surface area contributed by atoms with Gasteiger partial charge in [-0.05, 0) is 32.0 Å². The van der Waals surface area contributed by atoms with Crippen molar-refractivity contribution >= 4 is 11.8 Å². The van der Waals surface area contributed by atoms with Gasteiger partial charge in [-0.25, -0.2) is 5.01 Å². The molecule has 0 spiro atoms. The minimum absolute atomic E-state index is 0.371. The largest absolute Gasteiger partial charge is 0.485 e. The summed E-state index contributed by atoms with van der Waals surface area (Å²) in [5, 5.41) is 20.9. The van der Waals surface area contributed by atoms with E-state index in [1.807, 2.05) is 6.07 Å². The fourth-order valence-corrected chi connectivity index (χ4v) is 2.63. The van der Waals surface area contributed by atoms with Crippen LogP contribution in [0.4, 0.5) is 0 Å². The van der Waals surface area contributed by atoms with E-state index >= 15 is 0 Å². The molecule has 0 aliphatic carbocycles. The van der Waals surface area contributed by atoms with Crippen LogP contribution in [0.15, 0.2) is 18.2 Å². The number of aliphatic hydroxyl groups excluding tert-OH is 1. The molecule has 0 radical (unpaired) electrons. The smallest absolute Gasteiger partial charge is 0.238 e. The standard InChI is InChI=1S/C16H19N3O4/c1-9(20)18-19(10(2)21)14-12-7-11(8-17)5-6-13(12)23-16(3,4)15(14)22/h5-7,14-15,22H,1-4H3,(H,18,20)/t14-,15+/m1/s1. The molecule has 1 aromatic carbocycles. The molecule has 1 aliphatic heterocycles. The van der Waals surface area contributed by atoms with Crippen LogP contribution in [0.5, 0.6) is 5.75 Å². The van der Waals surface area contributed by atoms with E-state index in [1.54, 1.807) is 32.0 Å². The van der Waals surface area contributed by atoms with Gasteiger partial charge >= 0.3 is 0 Å². The summed E-state index contributed by atoms with van der Waals surface area (Å²) in [4.78, 5) is 23.4. The first-order valence-electron chi connectivity index (χ1n) is 7.15. The van der Waals surface area contributed by atoms with Crippen molar-refractivity contribution in [1.82, 2.24) is 10.4 Å². The number of fused-ring (bicyclic) bond motifs is 1. The molecule has 2 amide bonds. The van der Waals surface area contributed by atoms with Gasteiger partial charge in [0.25, 0.3) is 0 Å². The number of benzene rings is 1. The first kappa shape index (κ1) is 16.8. The molecule has 7 nitrogen and oxygen atoms in total. The van der Waals surface area contributed by atoms with Gasteiger partial charge in [0.05, 0.1) is 11.6 Å². The Morgan fingerprint density at radius 2 is 2.04 bits per heavy atom. The Morgan fingerprint density at radius 3 is 2.57 bits per heavy atom. The molecule has 0 saturated heterocycles. The van der Waals surface area contributed by atoms with Gasteiger partial charge in [-0.15, -0.1) is 0 Å². The molecule has 7 heteroatoms. The van der Waals surface area contributed by atoms with Gasteiger partial charge in [0.15, 0.2) is 0 Å². The maximum atomic E-state index is 12.0. The quantitative estimate of drug-likeness (QED) is 0.753. The molecule has 2 N–H and O–H groups in total. The van der Waals surface area contributed by atoms with Gasteiger partial charge in [-0.3, -0.25) is 15.0 Å². The zero-order valence-electron chi connectivity index (χ0n) is 13.5. The van der Waals surface area contributed by atoms with E-state index in [-0.39, 0.29) is 0 Å². The number of aliphatic hydroxyl groups is 1. The van der Waals surface area contributed by atoms with Crippen molar-refractivity contribution in [2.45, 2.75) is 45.4 Å². The molecule has 1 aromatic rings. The summed E-state index contributed by atoms with van der Waals surface area (Å²) in [6.07, 6.45) is -1.10. The van der Waals surface area contributed by atoms with E-state index in [0.29, 0.717) is 16.9 Å². The van der Waals surface area contributed by atoms with Crippen molar-refractivity contribution in [2.24, 2.45) is 0 Å². The van der Waals surface area contributed by atoms with Crippen LogP contribution in [0, 0.1) is 11.3 Å². The number of carbonyl (C=O) groups excluding carboxylic acids is 2. The number of rotatable bonds is 1. The van der Waals surface area contributed by atoms with Crippen molar-refractivity contribution in [1.29, 1.82) is 5.26 Å². The highest BCUT2D eigenvalue weighted by molar-refractivity contribution is 5.80. The maximum absolute atomic E-state index is 12.0. The minimum atomic E-state index is -1.10. The van der Waals surface area contributed by atoms with Crippen molar-refractivity contribution < 1.29 is 19.4 Å². The Labute approximate surface area is 134 Å². The van der Waals surface area contributed by atoms with E-state index in [1.165, 1.54) is 13.8 Å². The fourth-order valence-electron chi connectivity index (χ4n) is 2.63. The van der Waals surface area contributed by atoms with Crippen LogP contribution < -0.4 is 10.2 Å². The van der Waals surface area contributed by atoms with Gasteiger partial charge in [0.2, 0.25) is 11.8 Å². The second-order valence-corrected chi connectivity index (χ2v) is 6.02. The second-order valence-electron chi connectivity index (χ2n) is 6.02. The lowest BCUT2D eigenvalue weighted by Gasteiger charge is -2.45. The van der Waals surface area contributed by atoms with Crippen LogP contribution in [-0.2, 0) is 9.59 Å². The Kier molecular flexibility index (Phi) is 4.30. The van der Waals surface area contributed by atoms with E-state index in [2.05, 4.69) is 5.43 Å². The molecule has 1 aliphatic rings. The Bertz CT molecular complexity index is 693. The zero-order valence-corrected chi connectivity index (χ0v) is 13.5. The normalized spacial score (nSPS) is 21.4. The van der Waals surface area contributed by atoms with E-state index in [4.69, 9.17) is 10.00 Å². The Balaban J connectivity index is 2.61. The number of hydrazine groups is 1. The number of nitriles is 1. The van der Waals surface area contributed by atoms with Gasteiger partial charge in [-0.1, -0.05) is 0 Å². The number of amides is 2. The van der Waals surface area contributed by atoms with Crippen molar-refractivity contribution in [3.63, 3.8) is 0 Å². The number of nitrogens with zero attached hydrogens (tertiary/aromatic N) is 2. The number of nitrogens with one attached hydrogen (secondary N) is 1. The highest BCUT2D eigenvalue weighted by Crippen LogP contribution is 2.42. The maximum Gasteiger partial charge on any atom is 0.238 e. The van der Waals surface area contributed by atoms with Crippen LogP contribution in [0.1, 0.15) is 44.9 Å². The summed E-state index contributed by atoms with van der Waals surface area (Å²) < 4.78 is 5.79. The SMILES string of the molecule is CC(=O)NN(C(C)=O)[C@@H]1c2cc(C#N)ccc2OC(C)(C)[C@H]1O. The van der Waals surface area contributed by atoms with Gasteiger partial charge < -0.3 is 9.84 Å². The molecule has 0 bridgehead atoms. The van der Waals surface area contributed by atoms with E-state index < -0.39 is 29.6 Å². The topological polar surface area (TPSA) is 103 Å². The second kappa shape index (κ2) is 5.89. The average Bonchev–Trinajstić information content (AvgIpc) is 2.46. The van der Waals surface area contributed by atoms with Gasteiger partial charge in [0, 0.05) is 19.4 Å². The van der Waals surface area contributed by atoms with Crippen molar-refractivity contribution in [2.75, 3.05) is 0 Å². The summed E-state index contributed by atoms with van der Waals surface area (Å²) >= 11 is 0. The molecule has 1 heterocycles. The summed E-state index contributed by atoms with van der Waals surface area (Å²) in [6, 6.07) is 5.93. The van der Waals surface area contributed by atoms with Gasteiger partial charge in [0.1, 0.15) is 23.5 Å². The lowest BCUT2D eigenvalue weighted by atomic mass is 9.85. The molecule has 0 saturated carbocycles. The number of hydrogen-bond acceptors (Lipinski definition) is 5. The summed E-state index contributed by atoms with van der Waals surface area (Å²) in [6.45, 7) is 5.95. The van der Waals surface area contributed by atoms with Crippen LogP contribution in [0.25, 0.3) is 0 Å². The van der Waals surface area contributed by atoms with Crippen LogP contribution in [0.3, 0.4) is 0 Å². The predicted octanol–water partition coefficient (Wildman–Crippen LogP) is 1.03. The van der Waals surface area contributed by atoms with Gasteiger partial charge in [-0.2, -0.15) is 5.26 Å². The van der Waals surface area contributed by atoms with Crippen LogP contribution >= 0.6 is 0 Å². The molecule has 2 atom stereocenters. The first-order valence-corrected chi connectivity index (χ1v) is 7.15. The van der Waals surface area contributed by atoms with E-state index in [0.717, 1.165) is 5.01 Å². The molecule has 23 heavy (non-hydrogen) atoms. The monoisotopic (exact) mass is 317 g/mol. The van der Waals surface area contributed by atoms with Crippen LogP contribution in [-0.4, -0.2) is 33.6 Å². The third-order valence-electron chi connectivity index (χ3n) is 3.74. The fraction of sp³-hybridized carbons (Fsp3) is 0.438. The zero-order chi connectivity index (χ0) is 17.4. The molecular formula is C16H19N3O4. The number of carbonyl (C=O) groups is 2. The molecule has 2 rings (SSSR count). The minimum Gasteiger partial charge on any atom is -0.485 e. The number of ether oxygens (including phenoxy) is 1. The number of hydrogen-bond donors (Lipinski definition) is 2.